The number of halogens is 1. The Labute approximate surface area is 131 Å². The summed E-state index contributed by atoms with van der Waals surface area (Å²) in [5.41, 5.74) is 16.8. The van der Waals surface area contributed by atoms with Crippen LogP contribution in [0.25, 0.3) is 22.4 Å². The van der Waals surface area contributed by atoms with Gasteiger partial charge in [-0.25, -0.2) is 9.97 Å². The van der Waals surface area contributed by atoms with E-state index >= 15 is 0 Å². The SMILES string of the molecule is Cl.[2H]c1c([2H])c(-c2nc3c(N)nc(N)nc3nc2N)c([2H])c([2H])c1O. The third-order valence-electron chi connectivity index (χ3n) is 2.45. The molecule has 0 saturated carbocycles. The zero-order valence-corrected chi connectivity index (χ0v) is 11.2. The third-order valence-corrected chi connectivity index (χ3v) is 2.45. The number of rotatable bonds is 1. The monoisotopic (exact) mass is 309 g/mol. The molecular formula is C12H12ClN7O. The molecule has 0 spiro atoms. The van der Waals surface area contributed by atoms with Gasteiger partial charge in [-0.1, -0.05) is 0 Å². The summed E-state index contributed by atoms with van der Waals surface area (Å²) in [5, 5.41) is 9.62. The molecule has 7 N–H and O–H groups in total. The van der Waals surface area contributed by atoms with Crippen LogP contribution in [0.4, 0.5) is 17.6 Å². The van der Waals surface area contributed by atoms with Gasteiger partial charge in [0.05, 0.1) is 5.48 Å². The standard InChI is InChI=1S/C12H11N7O.ClH/c13-9-7(5-1-3-6(20)4-2-5)16-8-10(14)18-12(15)19-11(8)17-9;/h1-4,20H,(H6,13,14,15,17,18,19);1H/i1D,2D,3D,4D;. The molecule has 0 aliphatic rings. The number of hydrogen-bond acceptors (Lipinski definition) is 8. The first kappa shape index (κ1) is 9.94. The summed E-state index contributed by atoms with van der Waals surface area (Å²) in [6.07, 6.45) is 0. The average Bonchev–Trinajstić information content (AvgIpc) is 2.52. The fraction of sp³-hybridized carbons (Fsp3) is 0. The van der Waals surface area contributed by atoms with E-state index in [9.17, 15) is 5.11 Å². The van der Waals surface area contributed by atoms with Crippen LogP contribution in [-0.2, 0) is 0 Å². The van der Waals surface area contributed by atoms with Gasteiger partial charge >= 0.3 is 0 Å². The van der Waals surface area contributed by atoms with Crippen molar-refractivity contribution in [1.29, 1.82) is 0 Å². The highest BCUT2D eigenvalue weighted by molar-refractivity contribution is 5.87. The second kappa shape index (κ2) is 5.25. The maximum atomic E-state index is 9.62. The van der Waals surface area contributed by atoms with E-state index in [1.807, 2.05) is 0 Å². The molecule has 0 atom stereocenters. The first-order valence-corrected chi connectivity index (χ1v) is 5.38. The van der Waals surface area contributed by atoms with E-state index in [0.29, 0.717) is 0 Å². The number of nitrogen functional groups attached to an aromatic ring is 3. The zero-order chi connectivity index (χ0) is 17.8. The Kier molecular flexibility index (Phi) is 2.49. The van der Waals surface area contributed by atoms with Gasteiger partial charge in [0.25, 0.3) is 0 Å². The van der Waals surface area contributed by atoms with E-state index in [4.69, 9.17) is 22.7 Å². The molecule has 0 bridgehead atoms. The van der Waals surface area contributed by atoms with E-state index < -0.39 is 29.9 Å². The highest BCUT2D eigenvalue weighted by Crippen LogP contribution is 2.27. The van der Waals surface area contributed by atoms with Gasteiger partial charge in [0, 0.05) is 5.56 Å². The van der Waals surface area contributed by atoms with Gasteiger partial charge in [0.15, 0.2) is 22.8 Å². The van der Waals surface area contributed by atoms with Gasteiger partial charge in [0.2, 0.25) is 5.95 Å². The lowest BCUT2D eigenvalue weighted by molar-refractivity contribution is 0.475. The molecule has 2 aromatic heterocycles. The van der Waals surface area contributed by atoms with Crippen LogP contribution in [0.3, 0.4) is 0 Å². The zero-order valence-electron chi connectivity index (χ0n) is 14.4. The van der Waals surface area contributed by atoms with E-state index in [0.717, 1.165) is 0 Å². The topological polar surface area (TPSA) is 150 Å². The molecule has 21 heavy (non-hydrogen) atoms. The minimum absolute atomic E-state index is 0. The van der Waals surface area contributed by atoms with Crippen molar-refractivity contribution >= 4 is 41.2 Å². The smallest absolute Gasteiger partial charge is 0.224 e. The summed E-state index contributed by atoms with van der Waals surface area (Å²) in [4.78, 5) is 15.7. The predicted molar refractivity (Wildman–Crippen MR) is 82.7 cm³/mol. The first-order valence-electron chi connectivity index (χ1n) is 7.38. The minimum Gasteiger partial charge on any atom is -0.508 e. The Morgan fingerprint density at radius 1 is 0.905 bits per heavy atom. The average molecular weight is 310 g/mol. The number of nitrogens with two attached hydrogens (primary N) is 3. The van der Waals surface area contributed by atoms with Crippen molar-refractivity contribution in [3.8, 4) is 17.0 Å². The molecule has 8 nitrogen and oxygen atoms in total. The molecule has 0 fully saturated rings. The number of phenols is 1. The molecule has 0 radical (unpaired) electrons. The van der Waals surface area contributed by atoms with E-state index in [1.165, 1.54) is 0 Å². The molecule has 1 aromatic carbocycles. The predicted octanol–water partition coefficient (Wildman–Crippen LogP) is 0.961. The highest BCUT2D eigenvalue weighted by atomic mass is 35.5. The Bertz CT molecular complexity index is 988. The van der Waals surface area contributed by atoms with Gasteiger partial charge < -0.3 is 22.3 Å². The summed E-state index contributed by atoms with van der Waals surface area (Å²) in [7, 11) is 0. The molecule has 108 valence electrons. The largest absolute Gasteiger partial charge is 0.508 e. The van der Waals surface area contributed by atoms with Gasteiger partial charge in [-0.15, -0.1) is 12.4 Å². The normalized spacial score (nSPS) is 13.0. The van der Waals surface area contributed by atoms with Crippen molar-refractivity contribution in [3.63, 3.8) is 0 Å². The molecule has 0 amide bonds. The van der Waals surface area contributed by atoms with Gasteiger partial charge in [-0.2, -0.15) is 9.97 Å². The van der Waals surface area contributed by atoms with Crippen LogP contribution < -0.4 is 17.2 Å². The Morgan fingerprint density at radius 3 is 2.24 bits per heavy atom. The van der Waals surface area contributed by atoms with Crippen molar-refractivity contribution in [2.45, 2.75) is 0 Å². The number of aromatic hydroxyl groups is 1. The van der Waals surface area contributed by atoms with Crippen LogP contribution in [0.2, 0.25) is 0 Å². The maximum absolute atomic E-state index is 9.62. The lowest BCUT2D eigenvalue weighted by Gasteiger charge is -2.07. The van der Waals surface area contributed by atoms with Gasteiger partial charge in [-0.05, 0) is 24.2 Å². The van der Waals surface area contributed by atoms with Crippen molar-refractivity contribution < 1.29 is 10.6 Å². The number of benzene rings is 1. The third kappa shape index (κ3) is 2.56. The molecule has 2 heterocycles. The molecule has 3 rings (SSSR count). The van der Waals surface area contributed by atoms with Crippen LogP contribution in [0.5, 0.6) is 5.75 Å². The van der Waals surface area contributed by atoms with Crippen LogP contribution >= 0.6 is 12.4 Å². The van der Waals surface area contributed by atoms with Gasteiger partial charge in [0.1, 0.15) is 11.4 Å². The molecule has 0 aliphatic carbocycles. The lowest BCUT2D eigenvalue weighted by atomic mass is 10.1. The summed E-state index contributed by atoms with van der Waals surface area (Å²) in [6, 6.07) is -2.25. The summed E-state index contributed by atoms with van der Waals surface area (Å²) >= 11 is 0. The molecule has 0 saturated heterocycles. The number of hydrogen-bond donors (Lipinski definition) is 4. The fourth-order valence-corrected chi connectivity index (χ4v) is 1.61. The van der Waals surface area contributed by atoms with Crippen molar-refractivity contribution in [2.24, 2.45) is 0 Å². The highest BCUT2D eigenvalue weighted by Gasteiger charge is 2.12. The second-order valence-electron chi connectivity index (χ2n) is 3.82. The van der Waals surface area contributed by atoms with Crippen molar-refractivity contribution in [1.82, 2.24) is 19.9 Å². The molecular weight excluding hydrogens is 294 g/mol. The molecule has 0 unspecified atom stereocenters. The Morgan fingerprint density at radius 2 is 1.57 bits per heavy atom. The maximum Gasteiger partial charge on any atom is 0.224 e. The number of fused-ring (bicyclic) bond motifs is 1. The number of anilines is 3. The van der Waals surface area contributed by atoms with E-state index in [2.05, 4.69) is 19.9 Å². The summed E-state index contributed by atoms with van der Waals surface area (Å²) in [6.45, 7) is 0. The quantitative estimate of drug-likeness (QED) is 0.519. The number of aromatic nitrogens is 4. The van der Waals surface area contributed by atoms with Crippen molar-refractivity contribution in [2.75, 3.05) is 17.2 Å². The number of nitrogens with zero attached hydrogens (tertiary/aromatic N) is 4. The van der Waals surface area contributed by atoms with Crippen LogP contribution in [0.1, 0.15) is 5.48 Å². The molecule has 0 aliphatic heterocycles. The van der Waals surface area contributed by atoms with Crippen LogP contribution in [-0.4, -0.2) is 25.0 Å². The fourth-order valence-electron chi connectivity index (χ4n) is 1.61. The second-order valence-corrected chi connectivity index (χ2v) is 3.82. The van der Waals surface area contributed by atoms with E-state index in [1.54, 1.807) is 0 Å². The Hall–Kier alpha value is -2.87. The number of phenolic OH excluding ortho intramolecular Hbond substituents is 1. The molecule has 9 heteroatoms. The van der Waals surface area contributed by atoms with E-state index in [-0.39, 0.29) is 52.4 Å². The van der Waals surface area contributed by atoms with Crippen molar-refractivity contribution in [3.05, 3.63) is 24.2 Å². The minimum atomic E-state index is -0.767. The first-order chi connectivity index (χ1) is 11.2. The van der Waals surface area contributed by atoms with Gasteiger partial charge in [-0.3, -0.25) is 0 Å². The Balaban J connectivity index is 0.00000225. The van der Waals surface area contributed by atoms with Crippen LogP contribution in [0.15, 0.2) is 24.2 Å². The van der Waals surface area contributed by atoms with Crippen LogP contribution in [0, 0.1) is 0 Å². The molecule has 3 aromatic rings. The lowest BCUT2D eigenvalue weighted by Crippen LogP contribution is -2.06. The summed E-state index contributed by atoms with van der Waals surface area (Å²) in [5.74, 6) is -1.14. The summed E-state index contributed by atoms with van der Waals surface area (Å²) < 4.78 is 31.3.